The molecule has 0 saturated heterocycles. The van der Waals surface area contributed by atoms with Gasteiger partial charge in [0.1, 0.15) is 0 Å². The molecular weight excluding hydrogens is 705 g/mol. The summed E-state index contributed by atoms with van der Waals surface area (Å²) in [5.41, 5.74) is 6.64. The van der Waals surface area contributed by atoms with E-state index in [0.29, 0.717) is 11.3 Å². The summed E-state index contributed by atoms with van der Waals surface area (Å²) in [5, 5.41) is 12.1. The zero-order valence-corrected chi connectivity index (χ0v) is 29.6. The van der Waals surface area contributed by atoms with Crippen LogP contribution >= 0.6 is 11.8 Å². The van der Waals surface area contributed by atoms with E-state index >= 15 is 0 Å². The van der Waals surface area contributed by atoms with Crippen LogP contribution in [0, 0.1) is 43.1 Å². The minimum absolute atomic E-state index is 0. The van der Waals surface area contributed by atoms with Gasteiger partial charge in [0.25, 0.3) is 0 Å². The van der Waals surface area contributed by atoms with Crippen molar-refractivity contribution in [3.8, 4) is 11.4 Å². The van der Waals surface area contributed by atoms with Crippen molar-refractivity contribution >= 4 is 23.6 Å². The molecule has 0 aliphatic carbocycles. The second kappa shape index (κ2) is 15.5. The summed E-state index contributed by atoms with van der Waals surface area (Å²) >= 11 is 1.90. The zero-order chi connectivity index (χ0) is 29.6. The molecule has 1 radical (unpaired) electrons. The second-order valence-corrected chi connectivity index (χ2v) is 13.5. The van der Waals surface area contributed by atoms with E-state index < -0.39 is 0 Å². The Bertz CT molecular complexity index is 1250. The molecule has 2 aromatic rings. The van der Waals surface area contributed by atoms with Gasteiger partial charge in [-0.05, 0) is 49.0 Å². The molecule has 3 heterocycles. The number of carbonyl (C=O) groups excluding carboxylic acids is 1. The number of thioether (sulfide) groups is 1. The average Bonchev–Trinajstić information content (AvgIpc) is 3.46. The van der Waals surface area contributed by atoms with Crippen LogP contribution in [-0.2, 0) is 31.4 Å². The normalized spacial score (nSPS) is 16.4. The van der Waals surface area contributed by atoms with Gasteiger partial charge in [-0.25, -0.2) is 0 Å². The van der Waals surface area contributed by atoms with E-state index in [-0.39, 0.29) is 43.5 Å². The summed E-state index contributed by atoms with van der Waals surface area (Å²) in [7, 11) is 0. The number of fused-ring (bicyclic) bond motifs is 2. The van der Waals surface area contributed by atoms with Crippen LogP contribution in [-0.4, -0.2) is 20.4 Å². The third-order valence-electron chi connectivity index (χ3n) is 7.88. The van der Waals surface area contributed by atoms with Gasteiger partial charge in [-0.15, -0.1) is 46.7 Å². The number of allylic oxidation sites excluding steroid dienone is 4. The minimum atomic E-state index is 0. The van der Waals surface area contributed by atoms with Gasteiger partial charge in [0.15, 0.2) is 5.78 Å². The van der Waals surface area contributed by atoms with E-state index in [1.807, 2.05) is 45.7 Å². The first kappa shape index (κ1) is 35.3. The van der Waals surface area contributed by atoms with E-state index in [1.54, 1.807) is 5.57 Å². The Balaban J connectivity index is 0.000000320. The number of ketones is 1. The van der Waals surface area contributed by atoms with Crippen molar-refractivity contribution < 1.29 is 30.0 Å². The Kier molecular flexibility index (Phi) is 13.4. The number of nitrogens with zero attached hydrogens (tertiary/aromatic N) is 2. The molecule has 1 aromatic carbocycles. The van der Waals surface area contributed by atoms with Crippen LogP contribution in [0.4, 0.5) is 0 Å². The molecule has 0 fully saturated rings. The maximum Gasteiger partial charge on any atom is 0.162 e. The first-order valence-electron chi connectivity index (χ1n) is 15.0. The average molecular weight is 754 g/mol. The predicted molar refractivity (Wildman–Crippen MR) is 171 cm³/mol. The van der Waals surface area contributed by atoms with Crippen molar-refractivity contribution in [3.63, 3.8) is 0 Å². The third kappa shape index (κ3) is 9.30. The molecule has 2 aliphatic rings. The summed E-state index contributed by atoms with van der Waals surface area (Å²) in [6, 6.07) is 7.84. The van der Waals surface area contributed by atoms with E-state index in [9.17, 15) is 9.90 Å². The fraction of sp³-hybridized carbons (Fsp3) is 0.543. The molecule has 0 saturated carbocycles. The Hall–Kier alpha value is -1.88. The molecule has 41 heavy (non-hydrogen) atoms. The molecule has 0 bridgehead atoms. The molecule has 1 N–H and O–H groups in total. The first-order chi connectivity index (χ1) is 18.9. The summed E-state index contributed by atoms with van der Waals surface area (Å²) in [6.07, 6.45) is 10.4. The molecule has 1 aromatic heterocycles. The summed E-state index contributed by atoms with van der Waals surface area (Å²) < 4.78 is 2.38. The van der Waals surface area contributed by atoms with Crippen molar-refractivity contribution in [2.24, 2.45) is 23.2 Å². The molecule has 227 valence electrons. The molecule has 4 rings (SSSR count). The summed E-state index contributed by atoms with van der Waals surface area (Å²) in [4.78, 5) is 17.9. The van der Waals surface area contributed by atoms with Gasteiger partial charge in [0, 0.05) is 61.6 Å². The van der Waals surface area contributed by atoms with E-state index in [0.717, 1.165) is 50.0 Å². The second-order valence-electron chi connectivity index (χ2n) is 12.5. The van der Waals surface area contributed by atoms with Crippen molar-refractivity contribution in [2.75, 3.05) is 0 Å². The number of hydrogen-bond donors (Lipinski definition) is 1. The van der Waals surface area contributed by atoms with Gasteiger partial charge in [0.05, 0.1) is 17.3 Å². The largest absolute Gasteiger partial charge is 0.512 e. The maximum atomic E-state index is 11.7. The van der Waals surface area contributed by atoms with Crippen LogP contribution in [0.1, 0.15) is 97.4 Å². The van der Waals surface area contributed by atoms with Crippen LogP contribution in [0.15, 0.2) is 46.1 Å². The molecule has 2 aliphatic heterocycles. The summed E-state index contributed by atoms with van der Waals surface area (Å²) in [5.74, 6) is 2.10. The Morgan fingerprint density at radius 1 is 1.12 bits per heavy atom. The fourth-order valence-electron chi connectivity index (χ4n) is 5.64. The Labute approximate surface area is 266 Å². The van der Waals surface area contributed by atoms with Gasteiger partial charge < -0.3 is 9.67 Å². The number of aromatic nitrogens is 2. The van der Waals surface area contributed by atoms with E-state index in [2.05, 4.69) is 68.9 Å². The zero-order valence-electron chi connectivity index (χ0n) is 26.4. The van der Waals surface area contributed by atoms with E-state index in [1.165, 1.54) is 27.8 Å². The number of aliphatic hydroxyl groups is 1. The fourth-order valence-corrected chi connectivity index (χ4v) is 6.76. The number of aryl methyl sites for hydroxylation is 2. The van der Waals surface area contributed by atoms with Crippen LogP contribution in [0.2, 0.25) is 0 Å². The van der Waals surface area contributed by atoms with Crippen LogP contribution in [0.3, 0.4) is 0 Å². The molecule has 4 nitrogen and oxygen atoms in total. The molecule has 1 unspecified atom stereocenters. The third-order valence-corrected chi connectivity index (χ3v) is 8.98. The smallest absolute Gasteiger partial charge is 0.162 e. The van der Waals surface area contributed by atoms with Gasteiger partial charge in [-0.3, -0.25) is 9.78 Å². The van der Waals surface area contributed by atoms with Crippen LogP contribution < -0.4 is 0 Å². The number of aliphatic hydroxyl groups excluding tert-OH is 1. The molecule has 0 spiro atoms. The first-order valence-corrected chi connectivity index (χ1v) is 15.9. The number of rotatable bonds is 9. The van der Waals surface area contributed by atoms with Gasteiger partial charge >= 0.3 is 0 Å². The topological polar surface area (TPSA) is 55.1 Å². The standard InChI is InChI=1S/C22H25N2S.C13H24O2.Ir/c1-14-6-15(2)8-16(7-14)21-23-11-18-9-20-19(12-24(18)21)17(13-25-20)10-22(3,4)5;1-5-10(6-2)12(14)9-13(15)11(7-3)8-4;/h6-7,9,11,13,19H,10,12H2,1-5H3;9-11,14H,5-8H2,1-4H3;/q-1;;/b;12-9-;. The summed E-state index contributed by atoms with van der Waals surface area (Å²) in [6.45, 7) is 20.3. The Morgan fingerprint density at radius 3 is 2.32 bits per heavy atom. The van der Waals surface area contributed by atoms with E-state index in [4.69, 9.17) is 4.98 Å². The van der Waals surface area contributed by atoms with Crippen molar-refractivity contribution in [3.05, 3.63) is 68.9 Å². The maximum absolute atomic E-state index is 11.7. The monoisotopic (exact) mass is 754 g/mol. The number of benzene rings is 1. The minimum Gasteiger partial charge on any atom is -0.512 e. The molecular formula is C35H49IrN2O2S-. The van der Waals surface area contributed by atoms with Crippen molar-refractivity contribution in [1.29, 1.82) is 0 Å². The van der Waals surface area contributed by atoms with Gasteiger partial charge in [-0.2, -0.15) is 0 Å². The van der Waals surface area contributed by atoms with Crippen LogP contribution in [0.25, 0.3) is 17.5 Å². The SMILES string of the molecule is CCC(CC)C(=O)/C=C(\O)C(CC)CC.Cc1[c-]c(-c2ncc3n2CC2C(CC(C)(C)C)=CSC2=C3)cc(C)c1.[Ir]. The molecule has 0 amide bonds. The number of hydrogen-bond acceptors (Lipinski definition) is 4. The Morgan fingerprint density at radius 2 is 1.76 bits per heavy atom. The number of imidazole rings is 1. The molecule has 6 heteroatoms. The van der Waals surface area contributed by atoms with Crippen molar-refractivity contribution in [1.82, 2.24) is 9.55 Å². The number of carbonyl (C=O) groups is 1. The van der Waals surface area contributed by atoms with Gasteiger partial charge in [0.2, 0.25) is 0 Å². The molecule has 1 atom stereocenters. The quantitative estimate of drug-likeness (QED) is 0.157. The van der Waals surface area contributed by atoms with Crippen molar-refractivity contribution in [2.45, 2.75) is 101 Å². The van der Waals surface area contributed by atoms with Crippen LogP contribution in [0.5, 0.6) is 0 Å². The van der Waals surface area contributed by atoms with Gasteiger partial charge in [-0.1, -0.05) is 67.9 Å². The predicted octanol–water partition coefficient (Wildman–Crippen LogP) is 9.87.